The van der Waals surface area contributed by atoms with Gasteiger partial charge < -0.3 is 20.7 Å². The number of rotatable bonds is 5. The van der Waals surface area contributed by atoms with Crippen molar-refractivity contribution in [3.8, 4) is 0 Å². The average Bonchev–Trinajstić information content (AvgIpc) is 2.62. The normalized spacial score (nSPS) is 14.1. The lowest BCUT2D eigenvalue weighted by molar-refractivity contribution is -0.115. The van der Waals surface area contributed by atoms with Gasteiger partial charge in [0.05, 0.1) is 30.9 Å². The number of amides is 2. The van der Waals surface area contributed by atoms with E-state index in [1.807, 2.05) is 12.1 Å². The quantitative estimate of drug-likeness (QED) is 0.843. The van der Waals surface area contributed by atoms with Gasteiger partial charge in [-0.05, 0) is 35.9 Å². The van der Waals surface area contributed by atoms with E-state index in [1.165, 1.54) is 0 Å². The Kier molecular flexibility index (Phi) is 5.75. The van der Waals surface area contributed by atoms with Gasteiger partial charge in [0.15, 0.2) is 0 Å². The Hall–Kier alpha value is -2.57. The second-order valence-electron chi connectivity index (χ2n) is 6.05. The Morgan fingerprint density at radius 3 is 2.62 bits per heavy atom. The van der Waals surface area contributed by atoms with Crippen LogP contribution < -0.4 is 16.0 Å². The Morgan fingerprint density at radius 2 is 1.92 bits per heavy atom. The summed E-state index contributed by atoms with van der Waals surface area (Å²) in [5.41, 5.74) is 7.88. The third kappa shape index (κ3) is 4.53. The van der Waals surface area contributed by atoms with Crippen LogP contribution in [0.3, 0.4) is 0 Å². The molecule has 6 nitrogen and oxygen atoms in total. The van der Waals surface area contributed by atoms with Gasteiger partial charge in [0.2, 0.25) is 5.91 Å². The topological polar surface area (TPSA) is 84.7 Å². The van der Waals surface area contributed by atoms with E-state index in [0.29, 0.717) is 23.9 Å². The number of primary amides is 1. The molecule has 0 aliphatic carbocycles. The van der Waals surface area contributed by atoms with E-state index in [2.05, 4.69) is 10.2 Å². The molecule has 1 aliphatic rings. The van der Waals surface area contributed by atoms with Crippen molar-refractivity contribution >= 4 is 34.8 Å². The zero-order chi connectivity index (χ0) is 18.5. The summed E-state index contributed by atoms with van der Waals surface area (Å²) in [6.45, 7) is 2.78. The lowest BCUT2D eigenvalue weighted by Crippen LogP contribution is -2.36. The van der Waals surface area contributed by atoms with E-state index < -0.39 is 5.91 Å². The number of carbonyl (C=O) groups is 2. The van der Waals surface area contributed by atoms with Crippen molar-refractivity contribution in [3.05, 3.63) is 58.6 Å². The molecule has 0 bridgehead atoms. The van der Waals surface area contributed by atoms with Crippen LogP contribution in [0.5, 0.6) is 0 Å². The molecule has 1 heterocycles. The SMILES string of the molecule is NC(=O)c1cc(N2CCOCC2)ccc1NC(=O)Cc1cccc(Cl)c1. The number of morpholine rings is 1. The predicted octanol–water partition coefficient (Wildman–Crippen LogP) is 2.46. The van der Waals surface area contributed by atoms with Crippen LogP contribution in [0.4, 0.5) is 11.4 Å². The van der Waals surface area contributed by atoms with Crippen LogP contribution in [0.2, 0.25) is 5.02 Å². The van der Waals surface area contributed by atoms with Gasteiger partial charge in [-0.1, -0.05) is 23.7 Å². The minimum atomic E-state index is -0.585. The molecule has 2 aromatic rings. The van der Waals surface area contributed by atoms with Crippen molar-refractivity contribution in [3.63, 3.8) is 0 Å². The van der Waals surface area contributed by atoms with Gasteiger partial charge in [0.1, 0.15) is 0 Å². The molecule has 26 heavy (non-hydrogen) atoms. The van der Waals surface area contributed by atoms with Gasteiger partial charge in [-0.25, -0.2) is 0 Å². The fourth-order valence-corrected chi connectivity index (χ4v) is 3.10. The summed E-state index contributed by atoms with van der Waals surface area (Å²) in [7, 11) is 0. The van der Waals surface area contributed by atoms with Crippen LogP contribution in [0.1, 0.15) is 15.9 Å². The summed E-state index contributed by atoms with van der Waals surface area (Å²) in [5.74, 6) is -0.827. The van der Waals surface area contributed by atoms with Gasteiger partial charge >= 0.3 is 0 Å². The highest BCUT2D eigenvalue weighted by atomic mass is 35.5. The van der Waals surface area contributed by atoms with Crippen molar-refractivity contribution < 1.29 is 14.3 Å². The molecule has 0 spiro atoms. The molecular weight excluding hydrogens is 354 g/mol. The number of nitrogens with one attached hydrogen (secondary N) is 1. The fourth-order valence-electron chi connectivity index (χ4n) is 2.89. The molecule has 2 aromatic carbocycles. The highest BCUT2D eigenvalue weighted by molar-refractivity contribution is 6.30. The summed E-state index contributed by atoms with van der Waals surface area (Å²) in [5, 5.41) is 3.34. The van der Waals surface area contributed by atoms with Crippen LogP contribution in [-0.4, -0.2) is 38.1 Å². The Bertz CT molecular complexity index is 819. The first-order chi connectivity index (χ1) is 12.5. The summed E-state index contributed by atoms with van der Waals surface area (Å²) >= 11 is 5.94. The second-order valence-corrected chi connectivity index (χ2v) is 6.48. The minimum absolute atomic E-state index is 0.157. The summed E-state index contributed by atoms with van der Waals surface area (Å²) in [6.07, 6.45) is 0.157. The number of ether oxygens (including phenoxy) is 1. The second kappa shape index (κ2) is 8.21. The molecule has 7 heteroatoms. The average molecular weight is 374 g/mol. The molecule has 1 fully saturated rings. The van der Waals surface area contributed by atoms with Gasteiger partial charge in [0, 0.05) is 23.8 Å². The van der Waals surface area contributed by atoms with E-state index in [4.69, 9.17) is 22.1 Å². The maximum absolute atomic E-state index is 12.3. The first-order valence-corrected chi connectivity index (χ1v) is 8.71. The van der Waals surface area contributed by atoms with Crippen LogP contribution in [0.15, 0.2) is 42.5 Å². The Labute approximate surface area is 156 Å². The molecule has 0 unspecified atom stereocenters. The van der Waals surface area contributed by atoms with E-state index in [-0.39, 0.29) is 17.9 Å². The summed E-state index contributed by atoms with van der Waals surface area (Å²) in [6, 6.07) is 12.4. The zero-order valence-electron chi connectivity index (χ0n) is 14.2. The minimum Gasteiger partial charge on any atom is -0.378 e. The molecule has 136 valence electrons. The molecule has 1 saturated heterocycles. The third-order valence-corrected chi connectivity index (χ3v) is 4.41. The molecular formula is C19H20ClN3O3. The standard InChI is InChI=1S/C19H20ClN3O3/c20-14-3-1-2-13(10-14)11-18(24)22-17-5-4-15(12-16(17)19(21)25)23-6-8-26-9-7-23/h1-5,10,12H,6-9,11H2,(H2,21,25)(H,22,24). The summed E-state index contributed by atoms with van der Waals surface area (Å²) < 4.78 is 5.34. The highest BCUT2D eigenvalue weighted by Gasteiger charge is 2.16. The molecule has 0 radical (unpaired) electrons. The molecule has 0 saturated carbocycles. The van der Waals surface area contributed by atoms with Gasteiger partial charge in [-0.3, -0.25) is 9.59 Å². The van der Waals surface area contributed by atoms with Crippen LogP contribution in [-0.2, 0) is 16.0 Å². The third-order valence-electron chi connectivity index (χ3n) is 4.17. The number of nitrogens with two attached hydrogens (primary N) is 1. The number of nitrogens with zero attached hydrogens (tertiary/aromatic N) is 1. The molecule has 1 aliphatic heterocycles. The number of hydrogen-bond donors (Lipinski definition) is 2. The number of carbonyl (C=O) groups excluding carboxylic acids is 2. The highest BCUT2D eigenvalue weighted by Crippen LogP contribution is 2.24. The fraction of sp³-hybridized carbons (Fsp3) is 0.263. The maximum Gasteiger partial charge on any atom is 0.250 e. The van der Waals surface area contributed by atoms with Crippen molar-refractivity contribution in [2.24, 2.45) is 5.73 Å². The van der Waals surface area contributed by atoms with E-state index in [1.54, 1.807) is 30.3 Å². The van der Waals surface area contributed by atoms with Crippen molar-refractivity contribution in [1.82, 2.24) is 0 Å². The van der Waals surface area contributed by atoms with Crippen molar-refractivity contribution in [1.29, 1.82) is 0 Å². The van der Waals surface area contributed by atoms with Gasteiger partial charge in [-0.15, -0.1) is 0 Å². The number of anilines is 2. The first kappa shape index (κ1) is 18.2. The molecule has 2 amide bonds. The van der Waals surface area contributed by atoms with Crippen molar-refractivity contribution in [2.45, 2.75) is 6.42 Å². The predicted molar refractivity (Wildman–Crippen MR) is 102 cm³/mol. The molecule has 3 rings (SSSR count). The van der Waals surface area contributed by atoms with Gasteiger partial charge in [0.25, 0.3) is 5.91 Å². The number of halogens is 1. The Balaban J connectivity index is 1.76. The molecule has 0 atom stereocenters. The van der Waals surface area contributed by atoms with E-state index in [0.717, 1.165) is 24.3 Å². The smallest absolute Gasteiger partial charge is 0.250 e. The monoisotopic (exact) mass is 373 g/mol. The summed E-state index contributed by atoms with van der Waals surface area (Å²) in [4.78, 5) is 26.3. The number of hydrogen-bond acceptors (Lipinski definition) is 4. The largest absolute Gasteiger partial charge is 0.378 e. The van der Waals surface area contributed by atoms with Crippen LogP contribution in [0.25, 0.3) is 0 Å². The molecule has 3 N–H and O–H groups in total. The zero-order valence-corrected chi connectivity index (χ0v) is 15.0. The first-order valence-electron chi connectivity index (χ1n) is 8.34. The van der Waals surface area contributed by atoms with Crippen molar-refractivity contribution in [2.75, 3.05) is 36.5 Å². The lowest BCUT2D eigenvalue weighted by atomic mass is 10.1. The Morgan fingerprint density at radius 1 is 1.15 bits per heavy atom. The van der Waals surface area contributed by atoms with E-state index in [9.17, 15) is 9.59 Å². The van der Waals surface area contributed by atoms with E-state index >= 15 is 0 Å². The maximum atomic E-state index is 12.3. The lowest BCUT2D eigenvalue weighted by Gasteiger charge is -2.29. The van der Waals surface area contributed by atoms with Crippen LogP contribution in [0, 0.1) is 0 Å². The number of benzene rings is 2. The molecule has 0 aromatic heterocycles. The van der Waals surface area contributed by atoms with Gasteiger partial charge in [-0.2, -0.15) is 0 Å². The van der Waals surface area contributed by atoms with Crippen LogP contribution >= 0.6 is 11.6 Å².